The number of thioether (sulfide) groups is 1. The highest BCUT2D eigenvalue weighted by molar-refractivity contribution is 8.18. The van der Waals surface area contributed by atoms with E-state index in [0.29, 0.717) is 16.5 Å². The van der Waals surface area contributed by atoms with Gasteiger partial charge >= 0.3 is 0 Å². The Morgan fingerprint density at radius 3 is 2.95 bits per heavy atom. The van der Waals surface area contributed by atoms with E-state index in [-0.39, 0.29) is 5.91 Å². The van der Waals surface area contributed by atoms with Crippen molar-refractivity contribution in [2.75, 3.05) is 7.11 Å². The molecule has 0 saturated heterocycles. The van der Waals surface area contributed by atoms with Crippen LogP contribution < -0.4 is 10.5 Å². The van der Waals surface area contributed by atoms with Gasteiger partial charge in [0, 0.05) is 11.6 Å². The van der Waals surface area contributed by atoms with Crippen LogP contribution in [0, 0.1) is 0 Å². The van der Waals surface area contributed by atoms with Crippen LogP contribution in [-0.4, -0.2) is 23.2 Å². The van der Waals surface area contributed by atoms with Gasteiger partial charge in [-0.1, -0.05) is 12.1 Å². The third kappa shape index (κ3) is 2.75. The Bertz CT molecular complexity index is 784. The second-order valence-electron chi connectivity index (χ2n) is 4.49. The fraction of sp³-hybridized carbons (Fsp3) is 0.133. The standard InChI is InChI=1S/C15H13N3O2S/c1-20-12-6-7-17-11-4-2-9(8-10(11)12)3-5-13-14(19)18-15(16)21-13/h2,4-8H,3H2,1H3,(H2,16,18,19)/b13-5-. The average Bonchev–Trinajstić information content (AvgIpc) is 2.82. The number of carbonyl (C=O) groups excluding carboxylic acids is 1. The summed E-state index contributed by atoms with van der Waals surface area (Å²) in [5.41, 5.74) is 7.47. The fourth-order valence-corrected chi connectivity index (χ4v) is 2.80. The maximum absolute atomic E-state index is 11.5. The Hall–Kier alpha value is -2.34. The minimum Gasteiger partial charge on any atom is -0.496 e. The Morgan fingerprint density at radius 2 is 2.24 bits per heavy atom. The molecule has 21 heavy (non-hydrogen) atoms. The Kier molecular flexibility index (Phi) is 3.62. The van der Waals surface area contributed by atoms with E-state index in [2.05, 4.69) is 9.98 Å². The van der Waals surface area contributed by atoms with Crippen LogP contribution in [-0.2, 0) is 11.2 Å². The maximum Gasteiger partial charge on any atom is 0.285 e. The number of amidine groups is 1. The number of amides is 1. The van der Waals surface area contributed by atoms with Crippen molar-refractivity contribution in [2.24, 2.45) is 10.7 Å². The van der Waals surface area contributed by atoms with Crippen LogP contribution in [0.15, 0.2) is 46.4 Å². The molecule has 2 heterocycles. The summed E-state index contributed by atoms with van der Waals surface area (Å²) < 4.78 is 5.34. The lowest BCUT2D eigenvalue weighted by atomic mass is 10.1. The van der Waals surface area contributed by atoms with Gasteiger partial charge in [-0.15, -0.1) is 0 Å². The lowest BCUT2D eigenvalue weighted by molar-refractivity contribution is -0.113. The second-order valence-corrected chi connectivity index (χ2v) is 5.56. The third-order valence-electron chi connectivity index (χ3n) is 3.15. The predicted molar refractivity (Wildman–Crippen MR) is 84.3 cm³/mol. The Morgan fingerprint density at radius 1 is 1.38 bits per heavy atom. The summed E-state index contributed by atoms with van der Waals surface area (Å²) in [5, 5.41) is 1.26. The van der Waals surface area contributed by atoms with Crippen molar-refractivity contribution in [3.8, 4) is 5.75 Å². The molecule has 0 unspecified atom stereocenters. The molecule has 3 rings (SSSR count). The first kappa shape index (κ1) is 13.6. The van der Waals surface area contributed by atoms with Crippen molar-refractivity contribution in [1.82, 2.24) is 4.98 Å². The minimum atomic E-state index is -0.266. The van der Waals surface area contributed by atoms with Crippen molar-refractivity contribution in [3.63, 3.8) is 0 Å². The van der Waals surface area contributed by atoms with Crippen LogP contribution in [0.25, 0.3) is 10.9 Å². The van der Waals surface area contributed by atoms with Gasteiger partial charge in [0.2, 0.25) is 0 Å². The molecule has 1 aliphatic rings. The summed E-state index contributed by atoms with van der Waals surface area (Å²) in [5.74, 6) is 0.519. The van der Waals surface area contributed by atoms with Gasteiger partial charge in [0.1, 0.15) is 5.75 Å². The van der Waals surface area contributed by atoms with E-state index < -0.39 is 0 Å². The quantitative estimate of drug-likeness (QED) is 0.880. The van der Waals surface area contributed by atoms with Crippen molar-refractivity contribution in [3.05, 3.63) is 47.0 Å². The van der Waals surface area contributed by atoms with Gasteiger partial charge in [-0.05, 0) is 41.9 Å². The van der Waals surface area contributed by atoms with E-state index in [1.54, 1.807) is 13.3 Å². The molecule has 0 bridgehead atoms. The van der Waals surface area contributed by atoms with E-state index >= 15 is 0 Å². The second kappa shape index (κ2) is 5.57. The first-order chi connectivity index (χ1) is 10.2. The van der Waals surface area contributed by atoms with Crippen LogP contribution >= 0.6 is 11.8 Å². The zero-order chi connectivity index (χ0) is 14.8. The van der Waals surface area contributed by atoms with E-state index in [0.717, 1.165) is 22.2 Å². The molecule has 1 aliphatic heterocycles. The molecule has 0 spiro atoms. The number of aliphatic imine (C=N–C) groups is 1. The SMILES string of the molecule is COc1ccnc2ccc(C/C=C3\SC(N)=NC3=O)cc12. The highest BCUT2D eigenvalue weighted by Gasteiger charge is 2.18. The molecule has 0 atom stereocenters. The summed E-state index contributed by atoms with van der Waals surface area (Å²) in [6.45, 7) is 0. The third-order valence-corrected chi connectivity index (χ3v) is 4.01. The molecule has 2 aromatic rings. The molecular weight excluding hydrogens is 286 g/mol. The van der Waals surface area contributed by atoms with Gasteiger partial charge in [0.25, 0.3) is 5.91 Å². The summed E-state index contributed by atoms with van der Waals surface area (Å²) >= 11 is 1.21. The first-order valence-corrected chi connectivity index (χ1v) is 7.17. The van der Waals surface area contributed by atoms with Crippen LogP contribution in [0.5, 0.6) is 5.75 Å². The molecule has 6 heteroatoms. The number of pyridine rings is 1. The van der Waals surface area contributed by atoms with E-state index in [1.165, 1.54) is 11.8 Å². The van der Waals surface area contributed by atoms with Crippen molar-refractivity contribution in [2.45, 2.75) is 6.42 Å². The normalized spacial score (nSPS) is 16.5. The predicted octanol–water partition coefficient (Wildman–Crippen LogP) is 2.26. The number of ether oxygens (including phenoxy) is 1. The monoisotopic (exact) mass is 299 g/mol. The average molecular weight is 299 g/mol. The van der Waals surface area contributed by atoms with Gasteiger partial charge in [-0.3, -0.25) is 9.78 Å². The topological polar surface area (TPSA) is 77.6 Å². The minimum absolute atomic E-state index is 0.266. The van der Waals surface area contributed by atoms with Crippen molar-refractivity contribution in [1.29, 1.82) is 0 Å². The number of nitrogens with two attached hydrogens (primary N) is 1. The summed E-state index contributed by atoms with van der Waals surface area (Å²) in [7, 11) is 1.64. The van der Waals surface area contributed by atoms with Crippen molar-refractivity contribution >= 4 is 33.7 Å². The van der Waals surface area contributed by atoms with Crippen molar-refractivity contribution < 1.29 is 9.53 Å². The van der Waals surface area contributed by atoms with E-state index in [4.69, 9.17) is 10.5 Å². The number of allylic oxidation sites excluding steroid dienone is 1. The molecule has 5 nitrogen and oxygen atoms in total. The molecule has 1 aromatic carbocycles. The number of hydrogen-bond donors (Lipinski definition) is 1. The maximum atomic E-state index is 11.5. The number of carbonyl (C=O) groups is 1. The zero-order valence-corrected chi connectivity index (χ0v) is 12.2. The lowest BCUT2D eigenvalue weighted by Gasteiger charge is -2.06. The van der Waals surface area contributed by atoms with Gasteiger partial charge in [-0.2, -0.15) is 4.99 Å². The summed E-state index contributed by atoms with van der Waals surface area (Å²) in [6, 6.07) is 7.78. The molecule has 106 valence electrons. The largest absolute Gasteiger partial charge is 0.496 e. The van der Waals surface area contributed by atoms with Crippen LogP contribution in [0.2, 0.25) is 0 Å². The van der Waals surface area contributed by atoms with Crippen LogP contribution in [0.1, 0.15) is 5.56 Å². The van der Waals surface area contributed by atoms with E-state index in [9.17, 15) is 4.79 Å². The molecule has 1 aromatic heterocycles. The zero-order valence-electron chi connectivity index (χ0n) is 11.4. The summed E-state index contributed by atoms with van der Waals surface area (Å²) in [4.78, 5) is 20.1. The van der Waals surface area contributed by atoms with Gasteiger partial charge < -0.3 is 10.5 Å². The molecule has 0 fully saturated rings. The smallest absolute Gasteiger partial charge is 0.285 e. The van der Waals surface area contributed by atoms with Gasteiger partial charge in [0.05, 0.1) is 17.5 Å². The highest BCUT2D eigenvalue weighted by Crippen LogP contribution is 2.27. The van der Waals surface area contributed by atoms with Gasteiger partial charge in [-0.25, -0.2) is 0 Å². The highest BCUT2D eigenvalue weighted by atomic mass is 32.2. The van der Waals surface area contributed by atoms with E-state index in [1.807, 2.05) is 30.3 Å². The number of aromatic nitrogens is 1. The number of rotatable bonds is 3. The Labute approximate surface area is 125 Å². The first-order valence-electron chi connectivity index (χ1n) is 6.35. The fourth-order valence-electron chi connectivity index (χ4n) is 2.15. The number of benzene rings is 1. The molecule has 1 amide bonds. The number of methoxy groups -OCH3 is 1. The number of hydrogen-bond acceptors (Lipinski definition) is 5. The Balaban J connectivity index is 1.88. The van der Waals surface area contributed by atoms with Gasteiger partial charge in [0.15, 0.2) is 5.17 Å². The summed E-state index contributed by atoms with van der Waals surface area (Å²) in [6.07, 6.45) is 4.20. The van der Waals surface area contributed by atoms with Crippen LogP contribution in [0.3, 0.4) is 0 Å². The lowest BCUT2D eigenvalue weighted by Crippen LogP contribution is -2.01. The number of nitrogens with zero attached hydrogens (tertiary/aromatic N) is 2. The molecule has 0 radical (unpaired) electrons. The number of fused-ring (bicyclic) bond motifs is 1. The molecular formula is C15H13N3O2S. The molecule has 2 N–H and O–H groups in total. The molecule has 0 aliphatic carbocycles. The van der Waals surface area contributed by atoms with Crippen LogP contribution in [0.4, 0.5) is 0 Å². The molecule has 0 saturated carbocycles.